The van der Waals surface area contributed by atoms with Gasteiger partial charge in [-0.3, -0.25) is 0 Å². The SMILES string of the molecule is CCCCOc1ccc(Sc2ccc(OCCCC)c(Cc3ccc([C@H]4CC[C@H](CCCC)CC4)cc3)c2C#N)c(C#N)c1Cc1ccc([C@H]2CC[C@H](CCCC)CC2)cc1. The van der Waals surface area contributed by atoms with Crippen LogP contribution in [0.3, 0.4) is 0 Å². The molecule has 2 aliphatic rings. The van der Waals surface area contributed by atoms with Crippen molar-refractivity contribution < 1.29 is 9.47 Å². The first-order valence-corrected chi connectivity index (χ1v) is 25.0. The highest BCUT2D eigenvalue weighted by atomic mass is 32.2. The molecule has 0 saturated heterocycles. The number of unbranched alkanes of at least 4 members (excludes halogenated alkanes) is 4. The van der Waals surface area contributed by atoms with Crippen LogP contribution in [-0.4, -0.2) is 13.2 Å². The normalized spacial score (nSPS) is 18.9. The summed E-state index contributed by atoms with van der Waals surface area (Å²) >= 11 is 1.51. The third-order valence-electron chi connectivity index (χ3n) is 13.7. The van der Waals surface area contributed by atoms with E-state index in [1.54, 1.807) is 0 Å². The molecule has 324 valence electrons. The highest BCUT2D eigenvalue weighted by Gasteiger charge is 2.25. The van der Waals surface area contributed by atoms with E-state index in [9.17, 15) is 10.5 Å². The van der Waals surface area contributed by atoms with Gasteiger partial charge in [0.15, 0.2) is 0 Å². The minimum Gasteiger partial charge on any atom is -0.493 e. The van der Waals surface area contributed by atoms with Crippen LogP contribution >= 0.6 is 11.8 Å². The second-order valence-corrected chi connectivity index (χ2v) is 19.2. The summed E-state index contributed by atoms with van der Waals surface area (Å²) < 4.78 is 12.8. The van der Waals surface area contributed by atoms with E-state index in [4.69, 9.17) is 9.47 Å². The minimum atomic E-state index is 0.611. The van der Waals surface area contributed by atoms with Crippen LogP contribution < -0.4 is 9.47 Å². The molecule has 4 nitrogen and oxygen atoms in total. The molecular weight excluding hydrogens is 765 g/mol. The number of nitrogens with zero attached hydrogens (tertiary/aromatic N) is 2. The standard InChI is InChI=1S/C56H72N2O2S/c1-5-9-13-41-15-23-45(24-16-41)47-27-19-43(20-28-47)37-49-51(39-57)55(33-31-53(49)59-35-11-7-3)61-56-34-32-54(60-36-12-8-4)50(52(56)40-58)38-44-21-29-48(30-22-44)46-25-17-42(18-26-46)14-10-6-2/h19-22,27-34,41-42,45-46H,5-18,23-26,35-38H2,1-4H3/t41-,42-,45-,46-. The zero-order chi connectivity index (χ0) is 42.8. The highest BCUT2D eigenvalue weighted by Crippen LogP contribution is 2.43. The summed E-state index contributed by atoms with van der Waals surface area (Å²) in [5.74, 6) is 4.63. The first-order chi connectivity index (χ1) is 30.0. The highest BCUT2D eigenvalue weighted by molar-refractivity contribution is 7.99. The van der Waals surface area contributed by atoms with Crippen molar-refractivity contribution in [2.75, 3.05) is 13.2 Å². The lowest BCUT2D eigenvalue weighted by Gasteiger charge is -2.29. The molecule has 4 aromatic carbocycles. The molecule has 0 spiro atoms. The molecule has 2 fully saturated rings. The van der Waals surface area contributed by atoms with Crippen LogP contribution in [0.25, 0.3) is 0 Å². The van der Waals surface area contributed by atoms with Crippen LogP contribution in [0, 0.1) is 34.5 Å². The molecule has 0 heterocycles. The van der Waals surface area contributed by atoms with Crippen molar-refractivity contribution in [2.45, 2.75) is 178 Å². The smallest absolute Gasteiger partial charge is 0.124 e. The van der Waals surface area contributed by atoms with E-state index in [0.717, 1.165) is 69.9 Å². The second kappa shape index (κ2) is 24.4. The topological polar surface area (TPSA) is 66.0 Å². The number of rotatable bonds is 22. The molecule has 0 amide bonds. The molecule has 61 heavy (non-hydrogen) atoms. The summed E-state index contributed by atoms with van der Waals surface area (Å²) in [5.41, 5.74) is 8.33. The van der Waals surface area contributed by atoms with Crippen LogP contribution in [-0.2, 0) is 12.8 Å². The zero-order valence-corrected chi connectivity index (χ0v) is 38.7. The number of benzene rings is 4. The summed E-state index contributed by atoms with van der Waals surface area (Å²) in [7, 11) is 0. The molecule has 2 aliphatic carbocycles. The maximum Gasteiger partial charge on any atom is 0.124 e. The fourth-order valence-corrected chi connectivity index (χ4v) is 10.9. The van der Waals surface area contributed by atoms with Crippen LogP contribution in [0.5, 0.6) is 11.5 Å². The van der Waals surface area contributed by atoms with Gasteiger partial charge in [0, 0.05) is 33.8 Å². The summed E-state index contributed by atoms with van der Waals surface area (Å²) in [6.45, 7) is 10.2. The lowest BCUT2D eigenvalue weighted by Crippen LogP contribution is -2.13. The monoisotopic (exact) mass is 837 g/mol. The fraction of sp³-hybridized carbons (Fsp3) is 0.536. The molecule has 6 rings (SSSR count). The maximum atomic E-state index is 10.8. The molecule has 0 atom stereocenters. The first kappa shape index (κ1) is 46.3. The van der Waals surface area contributed by atoms with Gasteiger partial charge in [0.25, 0.3) is 0 Å². The lowest BCUT2D eigenvalue weighted by atomic mass is 9.77. The minimum absolute atomic E-state index is 0.611. The summed E-state index contributed by atoms with van der Waals surface area (Å²) in [6.07, 6.45) is 23.8. The average molecular weight is 837 g/mol. The van der Waals surface area contributed by atoms with E-state index in [2.05, 4.69) is 88.4 Å². The van der Waals surface area contributed by atoms with Crippen molar-refractivity contribution in [1.82, 2.24) is 0 Å². The van der Waals surface area contributed by atoms with E-state index in [0.29, 0.717) is 49.0 Å². The third-order valence-corrected chi connectivity index (χ3v) is 14.8. The van der Waals surface area contributed by atoms with Crippen molar-refractivity contribution >= 4 is 11.8 Å². The summed E-state index contributed by atoms with van der Waals surface area (Å²) in [6, 6.07) is 31.6. The second-order valence-electron chi connectivity index (χ2n) is 18.1. The number of hydrogen-bond donors (Lipinski definition) is 0. The van der Waals surface area contributed by atoms with Crippen molar-refractivity contribution in [3.05, 3.63) is 117 Å². The van der Waals surface area contributed by atoms with Crippen LogP contribution in [0.2, 0.25) is 0 Å². The molecule has 0 aliphatic heterocycles. The zero-order valence-electron chi connectivity index (χ0n) is 37.9. The van der Waals surface area contributed by atoms with Crippen molar-refractivity contribution in [3.63, 3.8) is 0 Å². The van der Waals surface area contributed by atoms with Gasteiger partial charge in [-0.15, -0.1) is 0 Å². The first-order valence-electron chi connectivity index (χ1n) is 24.2. The van der Waals surface area contributed by atoms with Crippen LogP contribution in [0.15, 0.2) is 82.6 Å². The average Bonchev–Trinajstić information content (AvgIpc) is 3.30. The molecule has 0 radical (unpaired) electrons. The van der Waals surface area contributed by atoms with Gasteiger partial charge in [-0.1, -0.05) is 139 Å². The summed E-state index contributed by atoms with van der Waals surface area (Å²) in [5, 5.41) is 21.7. The molecule has 2 saturated carbocycles. The van der Waals surface area contributed by atoms with Crippen LogP contribution in [0.1, 0.15) is 200 Å². The Balaban J connectivity index is 1.24. The van der Waals surface area contributed by atoms with E-state index in [1.807, 2.05) is 24.3 Å². The Hall–Kier alpha value is -4.19. The number of nitriles is 2. The Morgan fingerprint density at radius 2 is 0.869 bits per heavy atom. The van der Waals surface area contributed by atoms with E-state index in [-0.39, 0.29) is 0 Å². The molecular formula is C56H72N2O2S. The Labute approximate surface area is 373 Å². The van der Waals surface area contributed by atoms with Gasteiger partial charge in [0.05, 0.1) is 24.3 Å². The molecule has 5 heteroatoms. The summed E-state index contributed by atoms with van der Waals surface area (Å²) in [4.78, 5) is 1.68. The fourth-order valence-electron chi connectivity index (χ4n) is 9.80. The van der Waals surface area contributed by atoms with E-state index < -0.39 is 0 Å². The van der Waals surface area contributed by atoms with Gasteiger partial charge in [0.1, 0.15) is 23.6 Å². The van der Waals surface area contributed by atoms with Gasteiger partial charge in [-0.05, 0) is 134 Å². The number of ether oxygens (including phenoxy) is 2. The van der Waals surface area contributed by atoms with Crippen LogP contribution in [0.4, 0.5) is 0 Å². The third kappa shape index (κ3) is 12.9. The van der Waals surface area contributed by atoms with Gasteiger partial charge in [-0.2, -0.15) is 10.5 Å². The van der Waals surface area contributed by atoms with E-state index in [1.165, 1.54) is 124 Å². The predicted octanol–water partition coefficient (Wildman–Crippen LogP) is 16.0. The lowest BCUT2D eigenvalue weighted by molar-refractivity contribution is 0.304. The molecule has 4 aromatic rings. The van der Waals surface area contributed by atoms with Gasteiger partial charge in [0.2, 0.25) is 0 Å². The quantitative estimate of drug-likeness (QED) is 0.0738. The predicted molar refractivity (Wildman–Crippen MR) is 254 cm³/mol. The Morgan fingerprint density at radius 3 is 1.21 bits per heavy atom. The number of hydrogen-bond acceptors (Lipinski definition) is 5. The van der Waals surface area contributed by atoms with Crippen molar-refractivity contribution in [2.24, 2.45) is 11.8 Å². The van der Waals surface area contributed by atoms with Crippen molar-refractivity contribution in [3.8, 4) is 23.6 Å². The Morgan fingerprint density at radius 1 is 0.492 bits per heavy atom. The maximum absolute atomic E-state index is 10.8. The van der Waals surface area contributed by atoms with Gasteiger partial charge >= 0.3 is 0 Å². The molecule has 0 aromatic heterocycles. The Kier molecular flexibility index (Phi) is 18.6. The van der Waals surface area contributed by atoms with Gasteiger partial charge in [-0.25, -0.2) is 0 Å². The van der Waals surface area contributed by atoms with Gasteiger partial charge < -0.3 is 9.47 Å². The molecule has 0 N–H and O–H groups in total. The Bertz CT molecular complexity index is 1880. The molecule has 0 unspecified atom stereocenters. The van der Waals surface area contributed by atoms with E-state index >= 15 is 0 Å². The largest absolute Gasteiger partial charge is 0.493 e. The van der Waals surface area contributed by atoms with Crippen molar-refractivity contribution in [1.29, 1.82) is 10.5 Å². The molecule has 0 bridgehead atoms.